The number of carbonyl (C=O) groups excluding carboxylic acids is 1. The van der Waals surface area contributed by atoms with Crippen LogP contribution in [0.4, 0.5) is 0 Å². The molecular weight excluding hydrogens is 408 g/mol. The van der Waals surface area contributed by atoms with Gasteiger partial charge in [-0.1, -0.05) is 74.7 Å². The fourth-order valence-corrected chi connectivity index (χ4v) is 5.32. The summed E-state index contributed by atoms with van der Waals surface area (Å²) >= 11 is 6.70. The number of unbranched alkanes of at least 4 members (excludes halogenated alkanes) is 2. The highest BCUT2D eigenvalue weighted by Gasteiger charge is 2.42. The predicted octanol–water partition coefficient (Wildman–Crippen LogP) is 5.75. The summed E-state index contributed by atoms with van der Waals surface area (Å²) in [5.74, 6) is 0.116. The molecule has 0 aliphatic heterocycles. The Bertz CT molecular complexity index is 819. The molecule has 168 valence electrons. The number of halogens is 1. The Morgan fingerprint density at radius 1 is 1.13 bits per heavy atom. The van der Waals surface area contributed by atoms with Crippen molar-refractivity contribution in [3.05, 3.63) is 70.8 Å². The molecule has 2 aromatic carbocycles. The lowest BCUT2D eigenvalue weighted by Crippen LogP contribution is -2.21. The van der Waals surface area contributed by atoms with E-state index in [0.717, 1.165) is 61.5 Å². The molecule has 1 saturated carbocycles. The van der Waals surface area contributed by atoms with Crippen molar-refractivity contribution in [3.63, 3.8) is 0 Å². The first kappa shape index (κ1) is 24.0. The molecule has 2 aromatic rings. The third kappa shape index (κ3) is 6.41. The minimum Gasteiger partial charge on any atom is -0.392 e. The maximum atomic E-state index is 10.8. The fourth-order valence-electron chi connectivity index (χ4n) is 4.89. The molecule has 0 spiro atoms. The lowest BCUT2D eigenvalue weighted by molar-refractivity contribution is -0.107. The molecule has 3 rings (SSSR count). The zero-order valence-electron chi connectivity index (χ0n) is 18.4. The number of rotatable bonds is 11. The summed E-state index contributed by atoms with van der Waals surface area (Å²) in [7, 11) is 0. The fraction of sp³-hybridized carbons (Fsp3) is 0.519. The van der Waals surface area contributed by atoms with Crippen LogP contribution in [0.1, 0.15) is 79.7 Å². The van der Waals surface area contributed by atoms with E-state index in [1.54, 1.807) is 0 Å². The average molecular weight is 443 g/mol. The van der Waals surface area contributed by atoms with Crippen LogP contribution in [0.25, 0.3) is 0 Å². The summed E-state index contributed by atoms with van der Waals surface area (Å²) in [4.78, 5) is 10.7. The van der Waals surface area contributed by atoms with Crippen molar-refractivity contribution in [2.75, 3.05) is 0 Å². The van der Waals surface area contributed by atoms with Crippen molar-refractivity contribution in [2.24, 2.45) is 5.92 Å². The summed E-state index contributed by atoms with van der Waals surface area (Å²) in [6.45, 7) is 2.16. The summed E-state index contributed by atoms with van der Waals surface area (Å²) in [6.07, 6.45) is 6.82. The van der Waals surface area contributed by atoms with E-state index in [0.29, 0.717) is 12.8 Å². The third-order valence-corrected chi connectivity index (χ3v) is 7.11. The number of hydrogen-bond acceptors (Lipinski definition) is 3. The van der Waals surface area contributed by atoms with Crippen LogP contribution in [0, 0.1) is 5.92 Å². The van der Waals surface area contributed by atoms with Crippen LogP contribution in [0.3, 0.4) is 0 Å². The van der Waals surface area contributed by atoms with Gasteiger partial charge in [-0.2, -0.15) is 0 Å². The van der Waals surface area contributed by atoms with Gasteiger partial charge in [0, 0.05) is 17.7 Å². The van der Waals surface area contributed by atoms with Crippen molar-refractivity contribution in [1.82, 2.24) is 0 Å². The number of aliphatic hydroxyl groups is 2. The van der Waals surface area contributed by atoms with Crippen LogP contribution in [-0.2, 0) is 17.6 Å². The SMILES string of the molecule is CCCCCC(O)c1ccc(C2[C@@H](Cc3cccc(CCC=O)c3)C(Cl)C[C@H]2O)cc1. The molecule has 4 heteroatoms. The Labute approximate surface area is 191 Å². The third-order valence-electron chi connectivity index (χ3n) is 6.61. The van der Waals surface area contributed by atoms with Crippen LogP contribution >= 0.6 is 11.6 Å². The molecule has 5 atom stereocenters. The smallest absolute Gasteiger partial charge is 0.120 e. The zero-order chi connectivity index (χ0) is 22.2. The van der Waals surface area contributed by atoms with Crippen LogP contribution in [0.2, 0.25) is 0 Å². The van der Waals surface area contributed by atoms with Crippen molar-refractivity contribution in [2.45, 2.75) is 81.8 Å². The summed E-state index contributed by atoms with van der Waals surface area (Å²) in [5.41, 5.74) is 4.38. The van der Waals surface area contributed by atoms with Gasteiger partial charge in [0.25, 0.3) is 0 Å². The maximum absolute atomic E-state index is 10.8. The summed E-state index contributed by atoms with van der Waals surface area (Å²) in [6, 6.07) is 16.4. The molecule has 1 aliphatic rings. The molecule has 0 aromatic heterocycles. The molecule has 1 aliphatic carbocycles. The molecule has 0 bridgehead atoms. The molecule has 3 unspecified atom stereocenters. The lowest BCUT2D eigenvalue weighted by atomic mass is 9.83. The molecule has 0 radical (unpaired) electrons. The second-order valence-electron chi connectivity index (χ2n) is 8.92. The highest BCUT2D eigenvalue weighted by molar-refractivity contribution is 6.21. The van der Waals surface area contributed by atoms with E-state index in [9.17, 15) is 15.0 Å². The zero-order valence-corrected chi connectivity index (χ0v) is 19.2. The first-order chi connectivity index (χ1) is 15.0. The van der Waals surface area contributed by atoms with Gasteiger partial charge in [0.05, 0.1) is 12.2 Å². The molecule has 2 N–H and O–H groups in total. The largest absolute Gasteiger partial charge is 0.392 e. The van der Waals surface area contributed by atoms with E-state index in [1.807, 2.05) is 18.2 Å². The van der Waals surface area contributed by atoms with Crippen molar-refractivity contribution >= 4 is 17.9 Å². The standard InChI is InChI=1S/C27H35ClO3/c1-2-3-4-10-25(30)21-11-13-22(14-12-21)27-23(24(28)18-26(27)31)17-20-8-5-7-19(16-20)9-6-15-29/h5,7-8,11-16,23-27,30-31H,2-4,6,9-10,17-18H2,1H3/t23-,24?,25?,26+,27?/m0/s1. The number of aryl methyl sites for hydroxylation is 1. The topological polar surface area (TPSA) is 57.5 Å². The van der Waals surface area contributed by atoms with Gasteiger partial charge in [0.15, 0.2) is 0 Å². The van der Waals surface area contributed by atoms with Gasteiger partial charge in [-0.3, -0.25) is 0 Å². The quantitative estimate of drug-likeness (QED) is 0.265. The maximum Gasteiger partial charge on any atom is 0.120 e. The van der Waals surface area contributed by atoms with Gasteiger partial charge in [-0.05, 0) is 53.9 Å². The first-order valence-corrected chi connectivity index (χ1v) is 12.1. The second-order valence-corrected chi connectivity index (χ2v) is 9.48. The Morgan fingerprint density at radius 3 is 2.58 bits per heavy atom. The predicted molar refractivity (Wildman–Crippen MR) is 127 cm³/mol. The van der Waals surface area contributed by atoms with E-state index in [-0.39, 0.29) is 17.2 Å². The number of benzene rings is 2. The van der Waals surface area contributed by atoms with Gasteiger partial charge in [-0.15, -0.1) is 11.6 Å². The second kappa shape index (κ2) is 11.8. The van der Waals surface area contributed by atoms with Gasteiger partial charge < -0.3 is 15.0 Å². The van der Waals surface area contributed by atoms with Gasteiger partial charge in [-0.25, -0.2) is 0 Å². The van der Waals surface area contributed by atoms with E-state index in [1.165, 1.54) is 5.56 Å². The molecule has 3 nitrogen and oxygen atoms in total. The van der Waals surface area contributed by atoms with Crippen molar-refractivity contribution in [3.8, 4) is 0 Å². The number of carbonyl (C=O) groups is 1. The van der Waals surface area contributed by atoms with E-state index in [4.69, 9.17) is 11.6 Å². The van der Waals surface area contributed by atoms with E-state index < -0.39 is 12.2 Å². The molecular formula is C27H35ClO3. The molecule has 1 fully saturated rings. The Balaban J connectivity index is 1.72. The number of alkyl halides is 1. The number of aldehydes is 1. The first-order valence-electron chi connectivity index (χ1n) is 11.6. The van der Waals surface area contributed by atoms with Crippen LogP contribution in [-0.4, -0.2) is 28.0 Å². The normalized spacial score (nSPS) is 24.3. The molecule has 0 amide bonds. The minimum atomic E-state index is -0.467. The van der Waals surface area contributed by atoms with Crippen LogP contribution < -0.4 is 0 Å². The molecule has 31 heavy (non-hydrogen) atoms. The van der Waals surface area contributed by atoms with Crippen molar-refractivity contribution < 1.29 is 15.0 Å². The number of aliphatic hydroxyl groups excluding tert-OH is 2. The highest BCUT2D eigenvalue weighted by atomic mass is 35.5. The lowest BCUT2D eigenvalue weighted by Gasteiger charge is -2.25. The summed E-state index contributed by atoms with van der Waals surface area (Å²) < 4.78 is 0. The van der Waals surface area contributed by atoms with Gasteiger partial charge >= 0.3 is 0 Å². The van der Waals surface area contributed by atoms with E-state index in [2.05, 4.69) is 37.3 Å². The highest BCUT2D eigenvalue weighted by Crippen LogP contribution is 2.44. The van der Waals surface area contributed by atoms with Crippen LogP contribution in [0.15, 0.2) is 48.5 Å². The summed E-state index contributed by atoms with van der Waals surface area (Å²) in [5, 5.41) is 21.1. The average Bonchev–Trinajstić information content (AvgIpc) is 3.05. The van der Waals surface area contributed by atoms with Crippen molar-refractivity contribution in [1.29, 1.82) is 0 Å². The van der Waals surface area contributed by atoms with E-state index >= 15 is 0 Å². The Morgan fingerprint density at radius 2 is 1.87 bits per heavy atom. The Kier molecular flexibility index (Phi) is 9.13. The van der Waals surface area contributed by atoms with Gasteiger partial charge in [0.1, 0.15) is 6.29 Å². The Hall–Kier alpha value is -1.68. The minimum absolute atomic E-state index is 0.0209. The molecule has 0 heterocycles. The molecule has 0 saturated heterocycles. The van der Waals surface area contributed by atoms with Crippen LogP contribution in [0.5, 0.6) is 0 Å². The number of hydrogen-bond donors (Lipinski definition) is 2. The monoisotopic (exact) mass is 442 g/mol. The van der Waals surface area contributed by atoms with Gasteiger partial charge in [0.2, 0.25) is 0 Å².